The Morgan fingerprint density at radius 1 is 1.53 bits per heavy atom. The first-order chi connectivity index (χ1) is 8.25. The first-order valence-electron chi connectivity index (χ1n) is 5.60. The molecule has 0 saturated heterocycles. The molecule has 0 spiro atoms. The molecule has 4 nitrogen and oxygen atoms in total. The Hall–Kier alpha value is -2.10. The van der Waals surface area contributed by atoms with Crippen LogP contribution < -0.4 is 5.32 Å². The number of benzene rings is 1. The fraction of sp³-hybridized carbons (Fsp3) is 0.231. The van der Waals surface area contributed by atoms with E-state index >= 15 is 0 Å². The number of aromatic nitrogens is 2. The second-order valence-corrected chi connectivity index (χ2v) is 3.89. The molecule has 2 rings (SSSR count). The second kappa shape index (κ2) is 5.30. The molecule has 1 heterocycles. The largest absolute Gasteiger partial charge is 0.356 e. The summed E-state index contributed by atoms with van der Waals surface area (Å²) in [7, 11) is 0. The highest BCUT2D eigenvalue weighted by Gasteiger charge is 1.94. The van der Waals surface area contributed by atoms with Gasteiger partial charge in [0.15, 0.2) is 0 Å². The van der Waals surface area contributed by atoms with E-state index < -0.39 is 0 Å². The van der Waals surface area contributed by atoms with Crippen LogP contribution in [0.5, 0.6) is 0 Å². The van der Waals surface area contributed by atoms with Gasteiger partial charge in [-0.25, -0.2) is 0 Å². The molecule has 0 aliphatic rings. The van der Waals surface area contributed by atoms with Crippen molar-refractivity contribution in [2.75, 3.05) is 6.54 Å². The lowest BCUT2D eigenvalue weighted by Crippen LogP contribution is -2.20. The van der Waals surface area contributed by atoms with E-state index in [2.05, 4.69) is 21.6 Å². The summed E-state index contributed by atoms with van der Waals surface area (Å²) in [6.07, 6.45) is 6.73. The van der Waals surface area contributed by atoms with Gasteiger partial charge in [-0.15, -0.1) is 0 Å². The summed E-state index contributed by atoms with van der Waals surface area (Å²) in [5, 5.41) is 10.8. The SMILES string of the molecule is CC(=O)NCCC=Cc1ccc2cn[nH]c2c1. The first kappa shape index (κ1) is 11.4. The van der Waals surface area contributed by atoms with Crippen molar-refractivity contribution >= 4 is 22.9 Å². The van der Waals surface area contributed by atoms with E-state index in [-0.39, 0.29) is 5.91 Å². The van der Waals surface area contributed by atoms with Gasteiger partial charge < -0.3 is 5.32 Å². The van der Waals surface area contributed by atoms with Gasteiger partial charge in [-0.1, -0.05) is 24.3 Å². The summed E-state index contributed by atoms with van der Waals surface area (Å²) in [5.41, 5.74) is 2.17. The number of rotatable bonds is 4. The highest BCUT2D eigenvalue weighted by Crippen LogP contribution is 2.13. The Labute approximate surface area is 99.7 Å². The molecule has 88 valence electrons. The smallest absolute Gasteiger partial charge is 0.216 e. The van der Waals surface area contributed by atoms with Gasteiger partial charge in [0.25, 0.3) is 0 Å². The average molecular weight is 229 g/mol. The van der Waals surface area contributed by atoms with E-state index in [1.165, 1.54) is 6.92 Å². The van der Waals surface area contributed by atoms with E-state index in [4.69, 9.17) is 0 Å². The Balaban J connectivity index is 1.93. The van der Waals surface area contributed by atoms with Crippen LogP contribution in [0.4, 0.5) is 0 Å². The lowest BCUT2D eigenvalue weighted by Gasteiger charge is -1.97. The minimum atomic E-state index is 0.0114. The Bertz CT molecular complexity index is 542. The molecule has 0 bridgehead atoms. The zero-order valence-electron chi connectivity index (χ0n) is 9.73. The highest BCUT2D eigenvalue weighted by atomic mass is 16.1. The molecule has 0 atom stereocenters. The molecule has 1 aromatic heterocycles. The summed E-state index contributed by atoms with van der Waals surface area (Å²) in [6, 6.07) is 6.14. The predicted molar refractivity (Wildman–Crippen MR) is 68.4 cm³/mol. The van der Waals surface area contributed by atoms with Gasteiger partial charge in [-0.05, 0) is 18.1 Å². The van der Waals surface area contributed by atoms with E-state index in [1.54, 1.807) is 6.20 Å². The molecule has 0 radical (unpaired) electrons. The zero-order valence-corrected chi connectivity index (χ0v) is 9.73. The first-order valence-corrected chi connectivity index (χ1v) is 5.60. The summed E-state index contributed by atoms with van der Waals surface area (Å²) in [4.78, 5) is 10.6. The van der Waals surface area contributed by atoms with Crippen molar-refractivity contribution in [1.29, 1.82) is 0 Å². The molecule has 0 aliphatic carbocycles. The van der Waals surface area contributed by atoms with Gasteiger partial charge in [-0.2, -0.15) is 5.10 Å². The van der Waals surface area contributed by atoms with Gasteiger partial charge in [0, 0.05) is 18.9 Å². The Kier molecular flexibility index (Phi) is 3.55. The number of nitrogens with one attached hydrogen (secondary N) is 2. The van der Waals surface area contributed by atoms with Gasteiger partial charge >= 0.3 is 0 Å². The molecule has 1 amide bonds. The number of amides is 1. The van der Waals surface area contributed by atoms with Crippen LogP contribution in [0.1, 0.15) is 18.9 Å². The molecule has 0 saturated carbocycles. The van der Waals surface area contributed by atoms with Crippen LogP contribution in [0.3, 0.4) is 0 Å². The topological polar surface area (TPSA) is 57.8 Å². The molecular formula is C13H15N3O. The van der Waals surface area contributed by atoms with Crippen molar-refractivity contribution in [1.82, 2.24) is 15.5 Å². The lowest BCUT2D eigenvalue weighted by molar-refractivity contribution is -0.118. The fourth-order valence-electron chi connectivity index (χ4n) is 1.61. The molecule has 4 heteroatoms. The number of aromatic amines is 1. The molecule has 2 N–H and O–H groups in total. The monoisotopic (exact) mass is 229 g/mol. The van der Waals surface area contributed by atoms with Gasteiger partial charge in [0.1, 0.15) is 0 Å². The minimum absolute atomic E-state index is 0.0114. The number of hydrogen-bond donors (Lipinski definition) is 2. The van der Waals surface area contributed by atoms with Crippen LogP contribution in [-0.4, -0.2) is 22.6 Å². The maximum absolute atomic E-state index is 10.6. The van der Waals surface area contributed by atoms with Crippen molar-refractivity contribution in [3.05, 3.63) is 36.0 Å². The van der Waals surface area contributed by atoms with Crippen LogP contribution in [-0.2, 0) is 4.79 Å². The van der Waals surface area contributed by atoms with Gasteiger partial charge in [0.05, 0.1) is 11.7 Å². The van der Waals surface area contributed by atoms with Crippen LogP contribution >= 0.6 is 0 Å². The van der Waals surface area contributed by atoms with Crippen molar-refractivity contribution < 1.29 is 4.79 Å². The number of hydrogen-bond acceptors (Lipinski definition) is 2. The third kappa shape index (κ3) is 3.17. The Morgan fingerprint density at radius 2 is 2.41 bits per heavy atom. The van der Waals surface area contributed by atoms with E-state index in [9.17, 15) is 4.79 Å². The molecule has 2 aromatic rings. The highest BCUT2D eigenvalue weighted by molar-refractivity contribution is 5.80. The quantitative estimate of drug-likeness (QED) is 0.789. The van der Waals surface area contributed by atoms with Crippen molar-refractivity contribution in [3.63, 3.8) is 0 Å². The van der Waals surface area contributed by atoms with Crippen molar-refractivity contribution in [2.45, 2.75) is 13.3 Å². The fourth-order valence-corrected chi connectivity index (χ4v) is 1.61. The van der Waals surface area contributed by atoms with E-state index in [0.29, 0.717) is 6.54 Å². The van der Waals surface area contributed by atoms with Crippen LogP contribution in [0, 0.1) is 0 Å². The second-order valence-electron chi connectivity index (χ2n) is 3.89. The minimum Gasteiger partial charge on any atom is -0.356 e. The molecule has 1 aromatic carbocycles. The van der Waals surface area contributed by atoms with Gasteiger partial charge in [0.2, 0.25) is 5.91 Å². The third-order valence-corrected chi connectivity index (χ3v) is 2.46. The number of H-pyrrole nitrogens is 1. The standard InChI is InChI=1S/C13H15N3O/c1-10(17)14-7-3-2-4-11-5-6-12-9-15-16-13(12)8-11/h2,4-6,8-9H,3,7H2,1H3,(H,14,17)(H,15,16). The molecule has 0 unspecified atom stereocenters. The number of carbonyl (C=O) groups is 1. The number of carbonyl (C=O) groups excluding carboxylic acids is 1. The molecule has 0 aliphatic heterocycles. The summed E-state index contributed by atoms with van der Waals surface area (Å²) in [6.45, 7) is 2.20. The van der Waals surface area contributed by atoms with Crippen LogP contribution in [0.15, 0.2) is 30.5 Å². The molecular weight excluding hydrogens is 214 g/mol. The third-order valence-electron chi connectivity index (χ3n) is 2.46. The lowest BCUT2D eigenvalue weighted by atomic mass is 10.1. The van der Waals surface area contributed by atoms with Crippen molar-refractivity contribution in [2.24, 2.45) is 0 Å². The van der Waals surface area contributed by atoms with Crippen molar-refractivity contribution in [3.8, 4) is 0 Å². The number of fused-ring (bicyclic) bond motifs is 1. The van der Waals surface area contributed by atoms with Crippen LogP contribution in [0.25, 0.3) is 17.0 Å². The summed E-state index contributed by atoms with van der Waals surface area (Å²) in [5.74, 6) is 0.0114. The summed E-state index contributed by atoms with van der Waals surface area (Å²) >= 11 is 0. The maximum atomic E-state index is 10.6. The normalized spacial score (nSPS) is 11.1. The van der Waals surface area contributed by atoms with Gasteiger partial charge in [-0.3, -0.25) is 9.89 Å². The Morgan fingerprint density at radius 3 is 3.24 bits per heavy atom. The average Bonchev–Trinajstić information content (AvgIpc) is 2.75. The zero-order chi connectivity index (χ0) is 12.1. The molecule has 0 fully saturated rings. The van der Waals surface area contributed by atoms with E-state index in [0.717, 1.165) is 22.9 Å². The van der Waals surface area contributed by atoms with Crippen LogP contribution in [0.2, 0.25) is 0 Å². The predicted octanol–water partition coefficient (Wildman–Crippen LogP) is 2.10. The van der Waals surface area contributed by atoms with E-state index in [1.807, 2.05) is 24.3 Å². The molecule has 17 heavy (non-hydrogen) atoms. The maximum Gasteiger partial charge on any atom is 0.216 e. The summed E-state index contributed by atoms with van der Waals surface area (Å²) < 4.78 is 0. The number of nitrogens with zero attached hydrogens (tertiary/aromatic N) is 1.